The van der Waals surface area contributed by atoms with Crippen LogP contribution in [-0.4, -0.2) is 29.6 Å². The standard InChI is InChI=1S/C24H30FNO.ClH/c1-17-5-2-3-6-20(17)19-11-13-26(14-12-19)16-18-9-10-21-22(24(27)15-18)7-4-8-23(21)25;/h2-8,18-19,24,27H,9-16H2,1H3;1H. The van der Waals surface area contributed by atoms with Crippen molar-refractivity contribution < 1.29 is 9.50 Å². The number of aryl methyl sites for hydroxylation is 1. The van der Waals surface area contributed by atoms with Crippen LogP contribution in [0.25, 0.3) is 0 Å². The number of hydrogen-bond acceptors (Lipinski definition) is 2. The molecular weight excluding hydrogens is 373 g/mol. The Balaban J connectivity index is 0.00000225. The number of benzene rings is 2. The minimum Gasteiger partial charge on any atom is -0.388 e. The van der Waals surface area contributed by atoms with Crippen LogP contribution >= 0.6 is 12.4 Å². The predicted octanol–water partition coefficient (Wildman–Crippen LogP) is 5.42. The maximum Gasteiger partial charge on any atom is 0.126 e. The van der Waals surface area contributed by atoms with Crippen LogP contribution in [0, 0.1) is 18.7 Å². The lowest BCUT2D eigenvalue weighted by atomic mass is 9.86. The summed E-state index contributed by atoms with van der Waals surface area (Å²) in [4.78, 5) is 2.55. The van der Waals surface area contributed by atoms with Gasteiger partial charge >= 0.3 is 0 Å². The zero-order valence-electron chi connectivity index (χ0n) is 16.6. The van der Waals surface area contributed by atoms with Crippen LogP contribution in [0.15, 0.2) is 42.5 Å². The molecule has 2 unspecified atom stereocenters. The van der Waals surface area contributed by atoms with Gasteiger partial charge < -0.3 is 10.0 Å². The quantitative estimate of drug-likeness (QED) is 0.691. The molecule has 2 aromatic rings. The Kier molecular flexibility index (Phi) is 7.14. The lowest BCUT2D eigenvalue weighted by Gasteiger charge is -2.35. The van der Waals surface area contributed by atoms with E-state index in [4.69, 9.17) is 0 Å². The summed E-state index contributed by atoms with van der Waals surface area (Å²) in [5, 5.41) is 10.6. The number of halogens is 2. The highest BCUT2D eigenvalue weighted by Gasteiger charge is 2.28. The smallest absolute Gasteiger partial charge is 0.126 e. The van der Waals surface area contributed by atoms with Gasteiger partial charge in [-0.25, -0.2) is 4.39 Å². The molecule has 0 spiro atoms. The first kappa shape index (κ1) is 21.3. The molecule has 1 aliphatic carbocycles. The maximum absolute atomic E-state index is 14.1. The molecule has 2 aromatic carbocycles. The molecule has 1 fully saturated rings. The van der Waals surface area contributed by atoms with Crippen LogP contribution in [0.1, 0.15) is 60.0 Å². The average molecular weight is 404 g/mol. The Morgan fingerprint density at radius 2 is 1.71 bits per heavy atom. The molecule has 28 heavy (non-hydrogen) atoms. The number of rotatable bonds is 3. The normalized spacial score (nSPS) is 23.5. The summed E-state index contributed by atoms with van der Waals surface area (Å²) >= 11 is 0. The van der Waals surface area contributed by atoms with Crippen LogP contribution in [-0.2, 0) is 6.42 Å². The van der Waals surface area contributed by atoms with Crippen LogP contribution in [0.4, 0.5) is 4.39 Å². The average Bonchev–Trinajstić information content (AvgIpc) is 2.83. The fourth-order valence-corrected chi connectivity index (χ4v) is 5.06. The van der Waals surface area contributed by atoms with Gasteiger partial charge in [0.05, 0.1) is 6.10 Å². The first-order chi connectivity index (χ1) is 13.1. The van der Waals surface area contributed by atoms with Crippen LogP contribution in [0.2, 0.25) is 0 Å². The molecule has 2 nitrogen and oxygen atoms in total. The number of likely N-dealkylation sites (tertiary alicyclic amines) is 1. The summed E-state index contributed by atoms with van der Waals surface area (Å²) in [5.41, 5.74) is 4.44. The number of aliphatic hydroxyl groups is 1. The second-order valence-corrected chi connectivity index (χ2v) is 8.40. The van der Waals surface area contributed by atoms with Crippen molar-refractivity contribution in [2.45, 2.75) is 51.0 Å². The molecule has 0 amide bonds. The van der Waals surface area contributed by atoms with Crippen LogP contribution in [0.5, 0.6) is 0 Å². The van der Waals surface area contributed by atoms with Crippen molar-refractivity contribution in [3.8, 4) is 0 Å². The van der Waals surface area contributed by atoms with Crippen molar-refractivity contribution in [3.63, 3.8) is 0 Å². The van der Waals surface area contributed by atoms with Crippen LogP contribution < -0.4 is 0 Å². The van der Waals surface area contributed by atoms with E-state index in [1.807, 2.05) is 6.07 Å². The number of fused-ring (bicyclic) bond motifs is 1. The Morgan fingerprint density at radius 1 is 1.00 bits per heavy atom. The summed E-state index contributed by atoms with van der Waals surface area (Å²) in [6.45, 7) is 5.47. The second kappa shape index (κ2) is 9.39. The van der Waals surface area contributed by atoms with Crippen molar-refractivity contribution in [1.29, 1.82) is 0 Å². The predicted molar refractivity (Wildman–Crippen MR) is 115 cm³/mol. The summed E-state index contributed by atoms with van der Waals surface area (Å²) in [5.74, 6) is 0.939. The van der Waals surface area contributed by atoms with E-state index in [2.05, 4.69) is 36.1 Å². The van der Waals surface area contributed by atoms with Crippen molar-refractivity contribution in [3.05, 3.63) is 70.5 Å². The molecule has 4 heteroatoms. The lowest BCUT2D eigenvalue weighted by Crippen LogP contribution is -2.37. The van der Waals surface area contributed by atoms with E-state index in [1.165, 1.54) is 30.0 Å². The minimum atomic E-state index is -0.535. The third-order valence-corrected chi connectivity index (χ3v) is 6.61. The zero-order chi connectivity index (χ0) is 18.8. The highest BCUT2D eigenvalue weighted by Crippen LogP contribution is 2.35. The SMILES string of the molecule is Cc1ccccc1C1CCN(CC2CCc3c(F)cccc3C(O)C2)CC1.Cl. The summed E-state index contributed by atoms with van der Waals surface area (Å²) in [7, 11) is 0. The molecule has 152 valence electrons. The van der Waals surface area contributed by atoms with E-state index >= 15 is 0 Å². The van der Waals surface area contributed by atoms with Crippen molar-refractivity contribution in [1.82, 2.24) is 4.90 Å². The molecule has 1 aliphatic heterocycles. The fraction of sp³-hybridized carbons (Fsp3) is 0.500. The zero-order valence-corrected chi connectivity index (χ0v) is 17.4. The number of aliphatic hydroxyl groups excluding tert-OH is 1. The van der Waals surface area contributed by atoms with Gasteiger partial charge in [-0.1, -0.05) is 36.4 Å². The highest BCUT2D eigenvalue weighted by atomic mass is 35.5. The Bertz CT molecular complexity index is 788. The molecule has 2 atom stereocenters. The Morgan fingerprint density at radius 3 is 2.46 bits per heavy atom. The molecule has 0 bridgehead atoms. The molecule has 0 radical (unpaired) electrons. The summed E-state index contributed by atoms with van der Waals surface area (Å²) in [6, 6.07) is 13.9. The van der Waals surface area contributed by atoms with E-state index in [0.29, 0.717) is 11.8 Å². The largest absolute Gasteiger partial charge is 0.388 e. The van der Waals surface area contributed by atoms with Crippen molar-refractivity contribution in [2.24, 2.45) is 5.92 Å². The Labute approximate surface area is 174 Å². The molecule has 1 saturated heterocycles. The molecule has 1 N–H and O–H groups in total. The van der Waals surface area contributed by atoms with Gasteiger partial charge in [-0.05, 0) is 92.3 Å². The first-order valence-electron chi connectivity index (χ1n) is 10.3. The fourth-order valence-electron chi connectivity index (χ4n) is 5.06. The molecule has 2 aliphatic rings. The lowest BCUT2D eigenvalue weighted by molar-refractivity contribution is 0.117. The monoisotopic (exact) mass is 403 g/mol. The minimum absolute atomic E-state index is 0. The maximum atomic E-state index is 14.1. The number of nitrogens with zero attached hydrogens (tertiary/aromatic N) is 1. The van der Waals surface area contributed by atoms with E-state index < -0.39 is 6.10 Å². The van der Waals surface area contributed by atoms with Gasteiger partial charge in [-0.15, -0.1) is 12.4 Å². The van der Waals surface area contributed by atoms with Gasteiger partial charge in [0.1, 0.15) is 5.82 Å². The summed E-state index contributed by atoms with van der Waals surface area (Å²) < 4.78 is 14.1. The molecule has 0 saturated carbocycles. The molecular formula is C24H31ClFNO. The van der Waals surface area contributed by atoms with Gasteiger partial charge in [-0.2, -0.15) is 0 Å². The van der Waals surface area contributed by atoms with Gasteiger partial charge in [0, 0.05) is 6.54 Å². The third kappa shape index (κ3) is 4.59. The van der Waals surface area contributed by atoms with Crippen LogP contribution in [0.3, 0.4) is 0 Å². The third-order valence-electron chi connectivity index (χ3n) is 6.61. The van der Waals surface area contributed by atoms with Gasteiger partial charge in [0.2, 0.25) is 0 Å². The van der Waals surface area contributed by atoms with Gasteiger partial charge in [-0.3, -0.25) is 0 Å². The summed E-state index contributed by atoms with van der Waals surface area (Å²) in [6.07, 6.45) is 4.32. The van der Waals surface area contributed by atoms with Gasteiger partial charge in [0.25, 0.3) is 0 Å². The topological polar surface area (TPSA) is 23.5 Å². The van der Waals surface area contributed by atoms with E-state index in [1.54, 1.807) is 6.07 Å². The van der Waals surface area contributed by atoms with E-state index in [0.717, 1.165) is 50.0 Å². The Hall–Kier alpha value is -1.42. The van der Waals surface area contributed by atoms with Crippen molar-refractivity contribution in [2.75, 3.05) is 19.6 Å². The molecule has 4 rings (SSSR count). The number of piperidine rings is 1. The van der Waals surface area contributed by atoms with Gasteiger partial charge in [0.15, 0.2) is 0 Å². The molecule has 1 heterocycles. The van der Waals surface area contributed by atoms with E-state index in [-0.39, 0.29) is 18.2 Å². The second-order valence-electron chi connectivity index (χ2n) is 8.40. The first-order valence-corrected chi connectivity index (χ1v) is 10.3. The van der Waals surface area contributed by atoms with Crippen molar-refractivity contribution >= 4 is 12.4 Å². The molecule has 0 aromatic heterocycles. The number of hydrogen-bond donors (Lipinski definition) is 1. The van der Waals surface area contributed by atoms with E-state index in [9.17, 15) is 9.50 Å². The highest BCUT2D eigenvalue weighted by molar-refractivity contribution is 5.85.